The zero-order chi connectivity index (χ0) is 18.3. The van der Waals surface area contributed by atoms with Crippen molar-refractivity contribution in [2.45, 2.75) is 79.2 Å². The van der Waals surface area contributed by atoms with Crippen LogP contribution in [0, 0.1) is 17.3 Å². The van der Waals surface area contributed by atoms with Crippen molar-refractivity contribution in [2.24, 2.45) is 17.3 Å². The quantitative estimate of drug-likeness (QED) is 0.610. The molecule has 0 radical (unpaired) electrons. The van der Waals surface area contributed by atoms with E-state index in [1.54, 1.807) is 11.9 Å². The summed E-state index contributed by atoms with van der Waals surface area (Å²) >= 11 is 0. The molecular formula is C20H35NO3. The smallest absolute Gasteiger partial charge is 0.308 e. The second kappa shape index (κ2) is 9.24. The van der Waals surface area contributed by atoms with Gasteiger partial charge in [0.15, 0.2) is 0 Å². The van der Waals surface area contributed by atoms with Crippen LogP contribution < -0.4 is 0 Å². The summed E-state index contributed by atoms with van der Waals surface area (Å²) in [7, 11) is 1.80. The first-order valence-electron chi connectivity index (χ1n) is 9.24. The van der Waals surface area contributed by atoms with Crippen LogP contribution in [0.5, 0.6) is 0 Å². The molecule has 0 aliphatic carbocycles. The largest absolute Gasteiger partial charge is 0.462 e. The Hall–Kier alpha value is -1.32. The molecule has 0 aromatic rings. The van der Waals surface area contributed by atoms with E-state index in [0.29, 0.717) is 12.3 Å². The van der Waals surface area contributed by atoms with Gasteiger partial charge in [-0.2, -0.15) is 0 Å². The van der Waals surface area contributed by atoms with Crippen LogP contribution in [-0.2, 0) is 14.3 Å². The fourth-order valence-corrected chi connectivity index (χ4v) is 2.88. The van der Waals surface area contributed by atoms with Gasteiger partial charge in [0.1, 0.15) is 6.10 Å². The highest BCUT2D eigenvalue weighted by molar-refractivity contribution is 5.76. The molecule has 0 saturated heterocycles. The van der Waals surface area contributed by atoms with E-state index in [2.05, 4.69) is 27.7 Å². The Kier molecular flexibility index (Phi) is 7.98. The van der Waals surface area contributed by atoms with E-state index in [0.717, 1.165) is 32.1 Å². The lowest BCUT2D eigenvalue weighted by Crippen LogP contribution is -2.35. The van der Waals surface area contributed by atoms with E-state index in [1.165, 1.54) is 0 Å². The minimum atomic E-state index is -0.124. The van der Waals surface area contributed by atoms with E-state index < -0.39 is 0 Å². The first kappa shape index (κ1) is 20.7. The lowest BCUT2D eigenvalue weighted by Gasteiger charge is -2.33. The Morgan fingerprint density at radius 3 is 2.46 bits per heavy atom. The molecule has 0 saturated carbocycles. The average molecular weight is 338 g/mol. The highest BCUT2D eigenvalue weighted by atomic mass is 16.5. The summed E-state index contributed by atoms with van der Waals surface area (Å²) < 4.78 is 5.88. The molecule has 0 unspecified atom stereocenters. The third-order valence-electron chi connectivity index (χ3n) is 4.82. The summed E-state index contributed by atoms with van der Waals surface area (Å²) in [6, 6.07) is 0. The highest BCUT2D eigenvalue weighted by Crippen LogP contribution is 2.30. The van der Waals surface area contributed by atoms with Crippen molar-refractivity contribution < 1.29 is 14.3 Å². The Labute approximate surface area is 147 Å². The molecule has 1 heterocycles. The summed E-state index contributed by atoms with van der Waals surface area (Å²) in [5.74, 6) is 0.355. The van der Waals surface area contributed by atoms with Crippen molar-refractivity contribution in [3.63, 3.8) is 0 Å². The summed E-state index contributed by atoms with van der Waals surface area (Å²) in [6.45, 7) is 10.5. The number of allylic oxidation sites excluding steroid dienone is 1. The number of amides is 1. The van der Waals surface area contributed by atoms with Gasteiger partial charge in [-0.05, 0) is 37.0 Å². The number of esters is 1. The van der Waals surface area contributed by atoms with Crippen molar-refractivity contribution >= 4 is 11.9 Å². The van der Waals surface area contributed by atoms with E-state index in [-0.39, 0.29) is 29.3 Å². The number of carbonyl (C=O) groups is 2. The topological polar surface area (TPSA) is 46.6 Å². The number of nitrogens with zero attached hydrogens (tertiary/aromatic N) is 1. The second-order valence-corrected chi connectivity index (χ2v) is 8.39. The Bertz CT molecular complexity index is 450. The number of cyclic esters (lactones) is 1. The summed E-state index contributed by atoms with van der Waals surface area (Å²) in [5.41, 5.74) is -0.0759. The summed E-state index contributed by atoms with van der Waals surface area (Å²) in [6.07, 6.45) is 8.48. The van der Waals surface area contributed by atoms with Crippen molar-refractivity contribution in [1.82, 2.24) is 4.90 Å². The predicted octanol–water partition coefficient (Wildman–Crippen LogP) is 4.54. The Morgan fingerprint density at radius 1 is 1.17 bits per heavy atom. The predicted molar refractivity (Wildman–Crippen MR) is 97.3 cm³/mol. The van der Waals surface area contributed by atoms with Crippen LogP contribution in [0.2, 0.25) is 0 Å². The molecule has 0 aromatic heterocycles. The third-order valence-corrected chi connectivity index (χ3v) is 4.82. The van der Waals surface area contributed by atoms with Gasteiger partial charge in [-0.15, -0.1) is 0 Å². The minimum Gasteiger partial charge on any atom is -0.462 e. The fraction of sp³-hybridized carbons (Fsp3) is 0.800. The van der Waals surface area contributed by atoms with Gasteiger partial charge in [-0.25, -0.2) is 0 Å². The van der Waals surface area contributed by atoms with E-state index in [4.69, 9.17) is 4.74 Å². The molecule has 0 fully saturated rings. The van der Waals surface area contributed by atoms with Crippen molar-refractivity contribution in [3.8, 4) is 0 Å². The van der Waals surface area contributed by atoms with Gasteiger partial charge in [0, 0.05) is 19.7 Å². The lowest BCUT2D eigenvalue weighted by molar-refractivity contribution is -0.160. The fourth-order valence-electron chi connectivity index (χ4n) is 2.88. The summed E-state index contributed by atoms with van der Waals surface area (Å²) in [4.78, 5) is 26.2. The van der Waals surface area contributed by atoms with Crippen molar-refractivity contribution in [1.29, 1.82) is 0 Å². The van der Waals surface area contributed by atoms with E-state index >= 15 is 0 Å². The van der Waals surface area contributed by atoms with E-state index in [1.807, 2.05) is 19.2 Å². The van der Waals surface area contributed by atoms with Crippen molar-refractivity contribution in [3.05, 3.63) is 12.3 Å². The summed E-state index contributed by atoms with van der Waals surface area (Å²) in [5, 5.41) is 0. The van der Waals surface area contributed by atoms with Gasteiger partial charge in [-0.3, -0.25) is 9.59 Å². The Morgan fingerprint density at radius 2 is 1.83 bits per heavy atom. The molecule has 24 heavy (non-hydrogen) atoms. The molecule has 0 aromatic carbocycles. The minimum absolute atomic E-state index is 0.0759. The first-order chi connectivity index (χ1) is 11.1. The SMILES string of the molecule is C[C@@H]1CCCC(=O)N(C)/C=C\CC[C@H](C)C(=O)O[C@H](C(C)(C)C)C1. The zero-order valence-corrected chi connectivity index (χ0v) is 16.3. The molecule has 0 bridgehead atoms. The standard InChI is InChI=1S/C20H35NO3/c1-15-10-9-12-18(22)21(6)13-8-7-11-16(2)19(23)24-17(14-15)20(3,4)5/h8,13,15-17H,7,9-12,14H2,1-6H3/b13-8-/t15-,16+,17+/m1/s1. The van der Waals surface area contributed by atoms with Crippen LogP contribution >= 0.6 is 0 Å². The van der Waals surface area contributed by atoms with Gasteiger partial charge >= 0.3 is 5.97 Å². The van der Waals surface area contributed by atoms with Gasteiger partial charge in [0.25, 0.3) is 0 Å². The van der Waals surface area contributed by atoms with Crippen LogP contribution in [-0.4, -0.2) is 29.9 Å². The van der Waals surface area contributed by atoms with Gasteiger partial charge in [-0.1, -0.05) is 47.1 Å². The van der Waals surface area contributed by atoms with Crippen LogP contribution in [0.4, 0.5) is 0 Å². The number of ether oxygens (including phenoxy) is 1. The molecule has 0 spiro atoms. The molecule has 1 amide bonds. The zero-order valence-electron chi connectivity index (χ0n) is 16.3. The van der Waals surface area contributed by atoms with Crippen LogP contribution in [0.3, 0.4) is 0 Å². The normalized spacial score (nSPS) is 30.2. The molecule has 138 valence electrons. The third kappa shape index (κ3) is 7.06. The molecule has 4 nitrogen and oxygen atoms in total. The van der Waals surface area contributed by atoms with Gasteiger partial charge < -0.3 is 9.64 Å². The maximum Gasteiger partial charge on any atom is 0.308 e. The average Bonchev–Trinajstić information content (AvgIpc) is 2.48. The molecule has 0 N–H and O–H groups in total. The molecule has 4 heteroatoms. The number of rotatable bonds is 0. The van der Waals surface area contributed by atoms with Crippen molar-refractivity contribution in [2.75, 3.05) is 7.05 Å². The number of carbonyl (C=O) groups excluding carboxylic acids is 2. The maximum atomic E-state index is 12.4. The molecule has 3 atom stereocenters. The number of hydrogen-bond donors (Lipinski definition) is 0. The van der Waals surface area contributed by atoms with E-state index in [9.17, 15) is 9.59 Å². The van der Waals surface area contributed by atoms with Gasteiger partial charge in [0.05, 0.1) is 5.92 Å². The molecule has 1 aliphatic rings. The molecule has 1 rings (SSSR count). The Balaban J connectivity index is 2.86. The lowest BCUT2D eigenvalue weighted by atomic mass is 9.82. The van der Waals surface area contributed by atoms with Crippen LogP contribution in [0.15, 0.2) is 12.3 Å². The first-order valence-corrected chi connectivity index (χ1v) is 9.24. The number of hydrogen-bond acceptors (Lipinski definition) is 3. The molecular weight excluding hydrogens is 302 g/mol. The van der Waals surface area contributed by atoms with Gasteiger partial charge in [0.2, 0.25) is 5.91 Å². The van der Waals surface area contributed by atoms with Crippen LogP contribution in [0.1, 0.15) is 73.1 Å². The highest BCUT2D eigenvalue weighted by Gasteiger charge is 2.31. The second-order valence-electron chi connectivity index (χ2n) is 8.39. The van der Waals surface area contributed by atoms with Crippen LogP contribution in [0.25, 0.3) is 0 Å². The molecule has 1 aliphatic heterocycles. The monoisotopic (exact) mass is 337 g/mol. The maximum absolute atomic E-state index is 12.4.